The highest BCUT2D eigenvalue weighted by atomic mass is 127. The van der Waals surface area contributed by atoms with Gasteiger partial charge in [0.05, 0.1) is 4.92 Å². The number of carbonyl (C=O) groups is 1. The molecule has 0 spiro atoms. The highest BCUT2D eigenvalue weighted by Crippen LogP contribution is 2.21. The summed E-state index contributed by atoms with van der Waals surface area (Å²) >= 11 is 2.35. The number of amides is 1. The zero-order valence-corrected chi connectivity index (χ0v) is 13.7. The number of nitrogens with one attached hydrogen (secondary N) is 1. The van der Waals surface area contributed by atoms with Crippen LogP contribution < -0.4 is 5.32 Å². The summed E-state index contributed by atoms with van der Waals surface area (Å²) in [4.78, 5) is 22.5. The average molecular weight is 390 g/mol. The van der Waals surface area contributed by atoms with Crippen LogP contribution in [0.3, 0.4) is 0 Å². The van der Waals surface area contributed by atoms with Gasteiger partial charge in [-0.2, -0.15) is 0 Å². The molecule has 1 aromatic rings. The van der Waals surface area contributed by atoms with Crippen LogP contribution in [0.4, 0.5) is 5.69 Å². The van der Waals surface area contributed by atoms with Crippen LogP contribution in [0.25, 0.3) is 0 Å². The monoisotopic (exact) mass is 390 g/mol. The molecule has 0 heterocycles. The van der Waals surface area contributed by atoms with Gasteiger partial charge in [0.2, 0.25) is 0 Å². The van der Waals surface area contributed by atoms with E-state index in [1.165, 1.54) is 12.5 Å². The maximum absolute atomic E-state index is 12.1. The van der Waals surface area contributed by atoms with Crippen LogP contribution in [-0.2, 0) is 0 Å². The molecule has 0 unspecified atom stereocenters. The molecule has 0 aromatic heterocycles. The summed E-state index contributed by atoms with van der Waals surface area (Å²) in [7, 11) is 0. The van der Waals surface area contributed by atoms with Gasteiger partial charge in [0.1, 0.15) is 5.56 Å². The van der Waals surface area contributed by atoms with E-state index in [1.807, 2.05) is 0 Å². The zero-order valence-electron chi connectivity index (χ0n) is 11.5. The second-order valence-electron chi connectivity index (χ2n) is 4.59. The fraction of sp³-hybridized carbons (Fsp3) is 0.500. The van der Waals surface area contributed by atoms with Crippen LogP contribution >= 0.6 is 22.6 Å². The Labute approximate surface area is 132 Å². The number of nitrogens with zero attached hydrogens (tertiary/aromatic N) is 1. The molecular weight excluding hydrogens is 371 g/mol. The minimum atomic E-state index is -0.512. The summed E-state index contributed by atoms with van der Waals surface area (Å²) in [6.07, 6.45) is 4.32. The van der Waals surface area contributed by atoms with E-state index in [0.29, 0.717) is 12.1 Å². The number of alkyl halides is 1. The van der Waals surface area contributed by atoms with Gasteiger partial charge in [-0.1, -0.05) is 47.6 Å². The van der Waals surface area contributed by atoms with E-state index in [4.69, 9.17) is 0 Å². The van der Waals surface area contributed by atoms with Crippen molar-refractivity contribution in [2.24, 2.45) is 0 Å². The maximum atomic E-state index is 12.1. The van der Waals surface area contributed by atoms with Crippen molar-refractivity contribution in [3.63, 3.8) is 0 Å². The maximum Gasteiger partial charge on any atom is 0.282 e. The van der Waals surface area contributed by atoms with Crippen molar-refractivity contribution in [3.8, 4) is 0 Å². The summed E-state index contributed by atoms with van der Waals surface area (Å²) < 4.78 is 1.15. The SMILES string of the molecule is Cc1cccc([N+](=O)[O-])c1C(=O)NCCCCCCI. The van der Waals surface area contributed by atoms with Gasteiger partial charge in [0.25, 0.3) is 11.6 Å². The molecule has 1 amide bonds. The minimum absolute atomic E-state index is 0.132. The highest BCUT2D eigenvalue weighted by molar-refractivity contribution is 14.1. The number of hydrogen-bond donors (Lipinski definition) is 1. The third-order valence-corrected chi connectivity index (χ3v) is 3.78. The van der Waals surface area contributed by atoms with Gasteiger partial charge >= 0.3 is 0 Å². The molecule has 0 saturated carbocycles. The predicted molar refractivity (Wildman–Crippen MR) is 87.5 cm³/mol. The van der Waals surface area contributed by atoms with Crippen LogP contribution in [0.15, 0.2) is 18.2 Å². The fourth-order valence-electron chi connectivity index (χ4n) is 1.96. The molecule has 1 aromatic carbocycles. The predicted octanol–water partition coefficient (Wildman–Crippen LogP) is 3.63. The Morgan fingerprint density at radius 1 is 1.30 bits per heavy atom. The van der Waals surface area contributed by atoms with Crippen molar-refractivity contribution in [2.45, 2.75) is 32.6 Å². The largest absolute Gasteiger partial charge is 0.352 e. The van der Waals surface area contributed by atoms with Gasteiger partial charge in [-0.05, 0) is 29.8 Å². The third kappa shape index (κ3) is 5.07. The topological polar surface area (TPSA) is 72.2 Å². The van der Waals surface area contributed by atoms with Gasteiger partial charge in [-0.3, -0.25) is 14.9 Å². The number of aryl methyl sites for hydroxylation is 1. The average Bonchev–Trinajstić information content (AvgIpc) is 2.42. The first-order valence-electron chi connectivity index (χ1n) is 6.66. The Balaban J connectivity index is 2.57. The molecule has 5 nitrogen and oxygen atoms in total. The lowest BCUT2D eigenvalue weighted by molar-refractivity contribution is -0.385. The molecule has 0 saturated heterocycles. The van der Waals surface area contributed by atoms with Crippen LogP contribution in [0.1, 0.15) is 41.6 Å². The lowest BCUT2D eigenvalue weighted by Gasteiger charge is -2.08. The van der Waals surface area contributed by atoms with E-state index >= 15 is 0 Å². The first-order valence-corrected chi connectivity index (χ1v) is 8.18. The normalized spacial score (nSPS) is 10.3. The molecule has 6 heteroatoms. The fourth-order valence-corrected chi connectivity index (χ4v) is 2.50. The highest BCUT2D eigenvalue weighted by Gasteiger charge is 2.21. The first kappa shape index (κ1) is 16.9. The van der Waals surface area contributed by atoms with Crippen molar-refractivity contribution >= 4 is 34.2 Å². The Kier molecular flexibility index (Phi) is 7.50. The molecule has 0 fully saturated rings. The van der Waals surface area contributed by atoms with Crippen molar-refractivity contribution in [2.75, 3.05) is 11.0 Å². The molecule has 0 aliphatic heterocycles. The Morgan fingerprint density at radius 2 is 2.00 bits per heavy atom. The van der Waals surface area contributed by atoms with Crippen LogP contribution in [0.5, 0.6) is 0 Å². The molecule has 110 valence electrons. The van der Waals surface area contributed by atoms with Crippen LogP contribution in [0.2, 0.25) is 0 Å². The van der Waals surface area contributed by atoms with Crippen LogP contribution in [0, 0.1) is 17.0 Å². The molecule has 0 radical (unpaired) electrons. The Bertz CT molecular complexity index is 477. The minimum Gasteiger partial charge on any atom is -0.352 e. The second-order valence-corrected chi connectivity index (χ2v) is 5.66. The number of carbonyl (C=O) groups excluding carboxylic acids is 1. The smallest absolute Gasteiger partial charge is 0.282 e. The summed E-state index contributed by atoms with van der Waals surface area (Å²) in [6.45, 7) is 2.27. The summed E-state index contributed by atoms with van der Waals surface area (Å²) in [5.41, 5.74) is 0.666. The van der Waals surface area contributed by atoms with E-state index in [1.54, 1.807) is 19.1 Å². The number of nitro benzene ring substituents is 1. The zero-order chi connectivity index (χ0) is 15.0. The van der Waals surface area contributed by atoms with E-state index in [2.05, 4.69) is 27.9 Å². The van der Waals surface area contributed by atoms with E-state index in [-0.39, 0.29) is 17.2 Å². The Hall–Kier alpha value is -1.18. The van der Waals surface area contributed by atoms with E-state index < -0.39 is 4.92 Å². The van der Waals surface area contributed by atoms with Gasteiger partial charge in [-0.25, -0.2) is 0 Å². The number of unbranched alkanes of at least 4 members (excludes halogenated alkanes) is 3. The summed E-state index contributed by atoms with van der Waals surface area (Å²) in [5, 5.41) is 13.7. The molecule has 1 rings (SSSR count). The standard InChI is InChI=1S/C14H19IN2O3/c1-11-7-6-8-12(17(19)20)13(11)14(18)16-10-5-3-2-4-9-15/h6-8H,2-5,9-10H2,1H3,(H,16,18). The summed E-state index contributed by atoms with van der Waals surface area (Å²) in [5.74, 6) is -0.358. The molecule has 0 atom stereocenters. The molecular formula is C14H19IN2O3. The summed E-state index contributed by atoms with van der Waals surface area (Å²) in [6, 6.07) is 4.67. The molecule has 1 N–H and O–H groups in total. The van der Waals surface area contributed by atoms with Gasteiger partial charge in [0, 0.05) is 12.6 Å². The van der Waals surface area contributed by atoms with E-state index in [9.17, 15) is 14.9 Å². The van der Waals surface area contributed by atoms with Crippen molar-refractivity contribution in [1.82, 2.24) is 5.32 Å². The number of rotatable bonds is 8. The number of halogens is 1. The second kappa shape index (κ2) is 8.89. The van der Waals surface area contributed by atoms with Crippen molar-refractivity contribution < 1.29 is 9.72 Å². The molecule has 0 aliphatic carbocycles. The quantitative estimate of drug-likeness (QED) is 0.242. The number of benzene rings is 1. The third-order valence-electron chi connectivity index (χ3n) is 3.02. The molecule has 0 aliphatic rings. The van der Waals surface area contributed by atoms with E-state index in [0.717, 1.165) is 23.7 Å². The Morgan fingerprint density at radius 3 is 2.65 bits per heavy atom. The van der Waals surface area contributed by atoms with Crippen molar-refractivity contribution in [1.29, 1.82) is 0 Å². The van der Waals surface area contributed by atoms with Crippen molar-refractivity contribution in [3.05, 3.63) is 39.4 Å². The lowest BCUT2D eigenvalue weighted by Crippen LogP contribution is -2.26. The van der Waals surface area contributed by atoms with Gasteiger partial charge in [-0.15, -0.1) is 0 Å². The van der Waals surface area contributed by atoms with Gasteiger partial charge in [0.15, 0.2) is 0 Å². The number of hydrogen-bond acceptors (Lipinski definition) is 3. The van der Waals surface area contributed by atoms with Crippen LogP contribution in [-0.4, -0.2) is 21.8 Å². The lowest BCUT2D eigenvalue weighted by atomic mass is 10.1. The first-order chi connectivity index (χ1) is 9.57. The number of nitro groups is 1. The molecule has 0 bridgehead atoms. The van der Waals surface area contributed by atoms with Gasteiger partial charge < -0.3 is 5.32 Å². The molecule has 20 heavy (non-hydrogen) atoms.